The van der Waals surface area contributed by atoms with E-state index in [2.05, 4.69) is 10.0 Å². The first kappa shape index (κ1) is 24.0. The van der Waals surface area contributed by atoms with Crippen LogP contribution >= 0.6 is 23.2 Å². The highest BCUT2D eigenvalue weighted by Crippen LogP contribution is 2.37. The zero-order chi connectivity index (χ0) is 23.7. The van der Waals surface area contributed by atoms with E-state index in [4.69, 9.17) is 23.2 Å². The third-order valence-corrected chi connectivity index (χ3v) is 6.30. The summed E-state index contributed by atoms with van der Waals surface area (Å²) in [7, 11) is -4.58. The van der Waals surface area contributed by atoms with Crippen LogP contribution in [0.4, 0.5) is 24.5 Å². The van der Waals surface area contributed by atoms with Crippen LogP contribution in [-0.4, -0.2) is 18.6 Å². The van der Waals surface area contributed by atoms with Crippen LogP contribution in [-0.2, 0) is 22.7 Å². The third kappa shape index (κ3) is 5.57. The number of sulfonamides is 1. The largest absolute Gasteiger partial charge is 0.504 e. The van der Waals surface area contributed by atoms with Crippen LogP contribution in [0.3, 0.4) is 0 Å². The molecule has 0 heterocycles. The normalized spacial score (nSPS) is 12.0. The van der Waals surface area contributed by atoms with Crippen LogP contribution in [0.5, 0.6) is 11.5 Å². The van der Waals surface area contributed by atoms with E-state index in [1.54, 1.807) is 0 Å². The van der Waals surface area contributed by atoms with Gasteiger partial charge >= 0.3 is 6.18 Å². The van der Waals surface area contributed by atoms with Gasteiger partial charge in [0.1, 0.15) is 0 Å². The molecule has 12 heteroatoms. The molecule has 0 atom stereocenters. The van der Waals surface area contributed by atoms with Crippen molar-refractivity contribution < 1.29 is 31.8 Å². The van der Waals surface area contributed by atoms with E-state index in [-0.39, 0.29) is 22.0 Å². The summed E-state index contributed by atoms with van der Waals surface area (Å²) in [4.78, 5) is -0.972. The maximum absolute atomic E-state index is 13.7. The molecule has 0 radical (unpaired) electrons. The highest BCUT2D eigenvalue weighted by molar-refractivity contribution is 7.89. The molecule has 3 rings (SSSR count). The number of phenolic OH excluding ortho intramolecular Hbond substituents is 2. The number of hydrogen-bond acceptors (Lipinski definition) is 5. The van der Waals surface area contributed by atoms with E-state index in [1.165, 1.54) is 30.3 Å². The number of hydrogen-bond donors (Lipinski definition) is 4. The van der Waals surface area contributed by atoms with Crippen molar-refractivity contribution >= 4 is 44.6 Å². The maximum atomic E-state index is 13.7. The Morgan fingerprint density at radius 1 is 0.906 bits per heavy atom. The van der Waals surface area contributed by atoms with Gasteiger partial charge in [0.15, 0.2) is 11.5 Å². The lowest BCUT2D eigenvalue weighted by Gasteiger charge is -2.17. The molecule has 0 aliphatic heterocycles. The van der Waals surface area contributed by atoms with Gasteiger partial charge in [-0.05, 0) is 54.1 Å². The number of alkyl halides is 3. The summed E-state index contributed by atoms with van der Waals surface area (Å²) in [5, 5.41) is 22.0. The summed E-state index contributed by atoms with van der Waals surface area (Å²) in [6, 6.07) is 10.5. The van der Waals surface area contributed by atoms with E-state index < -0.39 is 44.7 Å². The molecular formula is C20H15Cl2F3N2O4S. The van der Waals surface area contributed by atoms with Gasteiger partial charge in [-0.3, -0.25) is 0 Å². The standard InChI is InChI=1S/C20H15Cl2F3N2O4S/c21-12-2-4-16(15(22)8-12)27-13-3-6-19(14(9-13)20(23,24)25)32(30,31)26-10-11-1-5-17(28)18(29)7-11/h1-9,26-29H,10H2. The average Bonchev–Trinajstić information content (AvgIpc) is 2.70. The van der Waals surface area contributed by atoms with Crippen molar-refractivity contribution in [1.29, 1.82) is 0 Å². The van der Waals surface area contributed by atoms with Crippen LogP contribution in [0, 0.1) is 0 Å². The summed E-state index contributed by atoms with van der Waals surface area (Å²) >= 11 is 11.8. The van der Waals surface area contributed by atoms with Gasteiger partial charge in [0.2, 0.25) is 10.0 Å². The monoisotopic (exact) mass is 506 g/mol. The van der Waals surface area contributed by atoms with Gasteiger partial charge < -0.3 is 15.5 Å². The molecule has 0 spiro atoms. The van der Waals surface area contributed by atoms with Crippen molar-refractivity contribution in [2.75, 3.05) is 5.32 Å². The predicted octanol–water partition coefficient (Wildman–Crippen LogP) is 5.65. The van der Waals surface area contributed by atoms with Gasteiger partial charge in [0, 0.05) is 17.3 Å². The topological polar surface area (TPSA) is 98.7 Å². The molecule has 0 aliphatic rings. The molecule has 3 aromatic carbocycles. The first-order valence-corrected chi connectivity index (χ1v) is 11.0. The summed E-state index contributed by atoms with van der Waals surface area (Å²) < 4.78 is 68.3. The van der Waals surface area contributed by atoms with Gasteiger partial charge in [-0.1, -0.05) is 29.3 Å². The van der Waals surface area contributed by atoms with Crippen molar-refractivity contribution in [3.8, 4) is 11.5 Å². The second-order valence-electron chi connectivity index (χ2n) is 6.61. The van der Waals surface area contributed by atoms with Gasteiger partial charge in [0.25, 0.3) is 0 Å². The molecule has 0 unspecified atom stereocenters. The van der Waals surface area contributed by atoms with Crippen molar-refractivity contribution in [1.82, 2.24) is 4.72 Å². The van der Waals surface area contributed by atoms with E-state index in [1.807, 2.05) is 0 Å². The SMILES string of the molecule is O=S(=O)(NCc1ccc(O)c(O)c1)c1ccc(Nc2ccc(Cl)cc2Cl)cc1C(F)(F)F. The molecule has 0 amide bonds. The Hall–Kier alpha value is -2.66. The minimum Gasteiger partial charge on any atom is -0.504 e. The van der Waals surface area contributed by atoms with Crippen LogP contribution in [0.15, 0.2) is 59.5 Å². The van der Waals surface area contributed by atoms with Gasteiger partial charge in [-0.25, -0.2) is 13.1 Å². The first-order valence-electron chi connectivity index (χ1n) is 8.80. The Kier molecular flexibility index (Phi) is 6.80. The molecule has 3 aromatic rings. The minimum absolute atomic E-state index is 0.0380. The van der Waals surface area contributed by atoms with E-state index in [0.717, 1.165) is 18.2 Å². The first-order chi connectivity index (χ1) is 14.9. The third-order valence-electron chi connectivity index (χ3n) is 4.29. The van der Waals surface area contributed by atoms with Crippen LogP contribution in [0.25, 0.3) is 0 Å². The number of benzene rings is 3. The van der Waals surface area contributed by atoms with Crippen LogP contribution in [0.1, 0.15) is 11.1 Å². The number of nitrogens with one attached hydrogen (secondary N) is 2. The summed E-state index contributed by atoms with van der Waals surface area (Å²) in [5.41, 5.74) is -0.907. The van der Waals surface area contributed by atoms with Crippen molar-refractivity contribution in [3.63, 3.8) is 0 Å². The maximum Gasteiger partial charge on any atom is 0.417 e. The molecule has 0 fully saturated rings. The van der Waals surface area contributed by atoms with Crippen LogP contribution < -0.4 is 10.0 Å². The Morgan fingerprint density at radius 3 is 2.25 bits per heavy atom. The molecular weight excluding hydrogens is 492 g/mol. The Labute approximate surface area is 191 Å². The number of phenols is 2. The van der Waals surface area contributed by atoms with E-state index in [0.29, 0.717) is 11.1 Å². The molecule has 0 aromatic heterocycles. The summed E-state index contributed by atoms with van der Waals surface area (Å²) in [6.45, 7) is -0.409. The fourth-order valence-electron chi connectivity index (χ4n) is 2.75. The highest BCUT2D eigenvalue weighted by Gasteiger charge is 2.37. The molecule has 0 saturated heterocycles. The zero-order valence-electron chi connectivity index (χ0n) is 15.9. The molecule has 0 saturated carbocycles. The molecule has 4 N–H and O–H groups in total. The number of halogens is 5. The van der Waals surface area contributed by atoms with Crippen molar-refractivity contribution in [3.05, 3.63) is 75.8 Å². The molecule has 0 bridgehead atoms. The number of anilines is 2. The number of aromatic hydroxyl groups is 2. The molecule has 170 valence electrons. The minimum atomic E-state index is -4.97. The van der Waals surface area contributed by atoms with E-state index >= 15 is 0 Å². The summed E-state index contributed by atoms with van der Waals surface area (Å²) in [5.74, 6) is -0.909. The Bertz CT molecular complexity index is 1270. The van der Waals surface area contributed by atoms with Crippen molar-refractivity contribution in [2.45, 2.75) is 17.6 Å². The van der Waals surface area contributed by atoms with Gasteiger partial charge in [-0.2, -0.15) is 13.2 Å². The quantitative estimate of drug-likeness (QED) is 0.324. The molecule has 32 heavy (non-hydrogen) atoms. The predicted molar refractivity (Wildman–Crippen MR) is 115 cm³/mol. The van der Waals surface area contributed by atoms with Gasteiger partial charge in [0.05, 0.1) is 21.2 Å². The number of rotatable bonds is 6. The Balaban J connectivity index is 1.91. The lowest BCUT2D eigenvalue weighted by atomic mass is 10.2. The second-order valence-corrected chi connectivity index (χ2v) is 9.18. The van der Waals surface area contributed by atoms with Crippen molar-refractivity contribution in [2.24, 2.45) is 0 Å². The molecule has 6 nitrogen and oxygen atoms in total. The smallest absolute Gasteiger partial charge is 0.417 e. The van der Waals surface area contributed by atoms with Crippen LogP contribution in [0.2, 0.25) is 10.0 Å². The fraction of sp³-hybridized carbons (Fsp3) is 0.100. The van der Waals surface area contributed by atoms with Gasteiger partial charge in [-0.15, -0.1) is 0 Å². The second kappa shape index (κ2) is 9.07. The highest BCUT2D eigenvalue weighted by atomic mass is 35.5. The lowest BCUT2D eigenvalue weighted by Crippen LogP contribution is -2.26. The van der Waals surface area contributed by atoms with E-state index in [9.17, 15) is 31.8 Å². The fourth-order valence-corrected chi connectivity index (χ4v) is 4.42. The summed E-state index contributed by atoms with van der Waals surface area (Å²) in [6.07, 6.45) is -4.97. The lowest BCUT2D eigenvalue weighted by molar-refractivity contribution is -0.139. The molecule has 0 aliphatic carbocycles. The Morgan fingerprint density at radius 2 is 1.62 bits per heavy atom. The average molecular weight is 507 g/mol. The zero-order valence-corrected chi connectivity index (χ0v) is 18.2.